The molecule has 2 aliphatic heterocycles. The van der Waals surface area contributed by atoms with E-state index in [-0.39, 0.29) is 5.91 Å². The molecule has 0 aromatic carbocycles. The second-order valence-electron chi connectivity index (χ2n) is 6.37. The normalized spacial score (nSPS) is 28.8. The van der Waals surface area contributed by atoms with Gasteiger partial charge in [0.1, 0.15) is 0 Å². The lowest BCUT2D eigenvalue weighted by Gasteiger charge is -2.28. The molecule has 0 radical (unpaired) electrons. The summed E-state index contributed by atoms with van der Waals surface area (Å²) >= 11 is 1.69. The number of carbonyl (C=O) groups is 1. The van der Waals surface area contributed by atoms with Crippen LogP contribution in [-0.4, -0.2) is 55.0 Å². The van der Waals surface area contributed by atoms with Gasteiger partial charge in [0.05, 0.1) is 6.54 Å². The molecule has 21 heavy (non-hydrogen) atoms. The largest absolute Gasteiger partial charge is 0.340 e. The van der Waals surface area contributed by atoms with Gasteiger partial charge in [-0.2, -0.15) is 11.3 Å². The van der Waals surface area contributed by atoms with Crippen molar-refractivity contribution in [3.63, 3.8) is 0 Å². The molecule has 0 bridgehead atoms. The van der Waals surface area contributed by atoms with E-state index in [2.05, 4.69) is 34.0 Å². The third-order valence-electron chi connectivity index (χ3n) is 5.01. The maximum absolute atomic E-state index is 12.5. The molecule has 0 aliphatic carbocycles. The fourth-order valence-electron chi connectivity index (χ4n) is 3.89. The van der Waals surface area contributed by atoms with Crippen molar-refractivity contribution in [2.24, 2.45) is 11.8 Å². The van der Waals surface area contributed by atoms with Crippen molar-refractivity contribution in [3.05, 3.63) is 22.4 Å². The number of nitrogens with zero attached hydrogens (tertiary/aromatic N) is 2. The van der Waals surface area contributed by atoms with Gasteiger partial charge in [0.2, 0.25) is 5.91 Å². The summed E-state index contributed by atoms with van der Waals surface area (Å²) < 4.78 is 0. The third-order valence-corrected chi connectivity index (χ3v) is 5.74. The van der Waals surface area contributed by atoms with E-state index in [4.69, 9.17) is 0 Å². The maximum atomic E-state index is 12.5. The van der Waals surface area contributed by atoms with Crippen LogP contribution in [0.5, 0.6) is 0 Å². The lowest BCUT2D eigenvalue weighted by Crippen LogP contribution is -2.42. The van der Waals surface area contributed by atoms with Gasteiger partial charge in [-0.15, -0.1) is 0 Å². The van der Waals surface area contributed by atoms with Crippen molar-refractivity contribution in [1.29, 1.82) is 0 Å². The Morgan fingerprint density at radius 1 is 1.52 bits per heavy atom. The second-order valence-corrected chi connectivity index (χ2v) is 7.15. The Kier molecular flexibility index (Phi) is 4.62. The zero-order valence-electron chi connectivity index (χ0n) is 12.9. The number of hydrogen-bond acceptors (Lipinski definition) is 4. The van der Waals surface area contributed by atoms with E-state index in [1.165, 1.54) is 5.56 Å². The Hall–Kier alpha value is -0.910. The molecule has 1 N–H and O–H groups in total. The van der Waals surface area contributed by atoms with E-state index in [9.17, 15) is 4.79 Å². The van der Waals surface area contributed by atoms with Gasteiger partial charge in [-0.05, 0) is 53.7 Å². The summed E-state index contributed by atoms with van der Waals surface area (Å²) in [5, 5.41) is 7.67. The molecule has 5 heteroatoms. The Morgan fingerprint density at radius 2 is 2.38 bits per heavy atom. The molecule has 2 saturated heterocycles. The monoisotopic (exact) mass is 307 g/mol. The zero-order chi connectivity index (χ0) is 14.8. The Balaban J connectivity index is 1.56. The van der Waals surface area contributed by atoms with E-state index < -0.39 is 0 Å². The lowest BCUT2D eigenvalue weighted by atomic mass is 9.93. The molecule has 3 unspecified atom stereocenters. The van der Waals surface area contributed by atoms with Gasteiger partial charge < -0.3 is 10.2 Å². The smallest absolute Gasteiger partial charge is 0.236 e. The SMILES string of the molecule is CCC1C2CNCC2CN1CC(=O)N(C)Cc1ccsc1. The molecule has 1 aromatic heterocycles. The molecular formula is C16H25N3OS. The van der Waals surface area contributed by atoms with Crippen molar-refractivity contribution in [1.82, 2.24) is 15.1 Å². The summed E-state index contributed by atoms with van der Waals surface area (Å²) in [6.45, 7) is 6.87. The number of likely N-dealkylation sites (tertiary alicyclic amines) is 1. The molecule has 0 spiro atoms. The van der Waals surface area contributed by atoms with Gasteiger partial charge in [-0.1, -0.05) is 6.92 Å². The standard InChI is InChI=1S/C16H25N3OS/c1-3-15-14-7-17-6-13(14)9-19(15)10-16(20)18(2)8-12-4-5-21-11-12/h4-5,11,13-15,17H,3,6-10H2,1-2H3. The van der Waals surface area contributed by atoms with Crippen LogP contribution in [0, 0.1) is 11.8 Å². The summed E-state index contributed by atoms with van der Waals surface area (Å²) in [5.74, 6) is 1.72. The number of hydrogen-bond donors (Lipinski definition) is 1. The first kappa shape index (κ1) is 15.0. The molecule has 2 aliphatic rings. The van der Waals surface area contributed by atoms with E-state index in [0.29, 0.717) is 12.6 Å². The minimum Gasteiger partial charge on any atom is -0.340 e. The third kappa shape index (κ3) is 3.15. The Bertz CT molecular complexity index is 476. The molecule has 116 valence electrons. The summed E-state index contributed by atoms with van der Waals surface area (Å²) in [7, 11) is 1.92. The van der Waals surface area contributed by atoms with E-state index in [0.717, 1.165) is 44.4 Å². The molecule has 3 rings (SSSR count). The average molecular weight is 307 g/mol. The topological polar surface area (TPSA) is 35.6 Å². The number of thiophene rings is 1. The Morgan fingerprint density at radius 3 is 3.10 bits per heavy atom. The summed E-state index contributed by atoms with van der Waals surface area (Å²) in [6, 6.07) is 2.67. The van der Waals surface area contributed by atoms with Crippen LogP contribution in [0.2, 0.25) is 0 Å². The van der Waals surface area contributed by atoms with Crippen molar-refractivity contribution in [3.8, 4) is 0 Å². The van der Waals surface area contributed by atoms with Crippen LogP contribution in [-0.2, 0) is 11.3 Å². The molecular weight excluding hydrogens is 282 g/mol. The summed E-state index contributed by atoms with van der Waals surface area (Å²) in [4.78, 5) is 16.8. The highest BCUT2D eigenvalue weighted by Crippen LogP contribution is 2.33. The van der Waals surface area contributed by atoms with Crippen LogP contribution in [0.1, 0.15) is 18.9 Å². The number of carbonyl (C=O) groups excluding carboxylic acids is 1. The van der Waals surface area contributed by atoms with Crippen molar-refractivity contribution in [2.45, 2.75) is 25.9 Å². The molecule has 1 aromatic rings. The summed E-state index contributed by atoms with van der Waals surface area (Å²) in [6.07, 6.45) is 1.14. The zero-order valence-corrected chi connectivity index (χ0v) is 13.7. The number of fused-ring (bicyclic) bond motifs is 1. The molecule has 2 fully saturated rings. The predicted molar refractivity (Wildman–Crippen MR) is 86.3 cm³/mol. The lowest BCUT2D eigenvalue weighted by molar-refractivity contribution is -0.132. The van der Waals surface area contributed by atoms with Crippen molar-refractivity contribution >= 4 is 17.2 Å². The molecule has 0 saturated carbocycles. The van der Waals surface area contributed by atoms with Crippen molar-refractivity contribution < 1.29 is 4.79 Å². The first-order valence-corrected chi connectivity index (χ1v) is 8.83. The second kappa shape index (κ2) is 6.46. The van der Waals surface area contributed by atoms with E-state index in [1.54, 1.807) is 11.3 Å². The van der Waals surface area contributed by atoms with Gasteiger partial charge in [0.25, 0.3) is 0 Å². The average Bonchev–Trinajstić information content (AvgIpc) is 3.15. The van der Waals surface area contributed by atoms with E-state index in [1.807, 2.05) is 11.9 Å². The number of rotatable bonds is 5. The van der Waals surface area contributed by atoms with Crippen LogP contribution in [0.3, 0.4) is 0 Å². The van der Waals surface area contributed by atoms with Crippen molar-refractivity contribution in [2.75, 3.05) is 33.2 Å². The van der Waals surface area contributed by atoms with E-state index >= 15 is 0 Å². The van der Waals surface area contributed by atoms with Crippen LogP contribution >= 0.6 is 11.3 Å². The maximum Gasteiger partial charge on any atom is 0.236 e. The Labute approximate surface area is 131 Å². The first-order chi connectivity index (χ1) is 10.2. The minimum atomic E-state index is 0.243. The molecule has 3 atom stereocenters. The highest BCUT2D eigenvalue weighted by molar-refractivity contribution is 7.07. The highest BCUT2D eigenvalue weighted by Gasteiger charge is 2.43. The van der Waals surface area contributed by atoms with Crippen LogP contribution in [0.25, 0.3) is 0 Å². The van der Waals surface area contributed by atoms with Crippen LogP contribution in [0.15, 0.2) is 16.8 Å². The highest BCUT2D eigenvalue weighted by atomic mass is 32.1. The van der Waals surface area contributed by atoms with Gasteiger partial charge in [0.15, 0.2) is 0 Å². The summed E-state index contributed by atoms with van der Waals surface area (Å²) in [5.41, 5.74) is 1.23. The van der Waals surface area contributed by atoms with Gasteiger partial charge >= 0.3 is 0 Å². The number of nitrogens with one attached hydrogen (secondary N) is 1. The van der Waals surface area contributed by atoms with Gasteiger partial charge in [-0.3, -0.25) is 9.69 Å². The van der Waals surface area contributed by atoms with Crippen LogP contribution < -0.4 is 5.32 Å². The molecule has 4 nitrogen and oxygen atoms in total. The first-order valence-electron chi connectivity index (χ1n) is 7.88. The van der Waals surface area contributed by atoms with Gasteiger partial charge in [0, 0.05) is 26.2 Å². The quantitative estimate of drug-likeness (QED) is 0.898. The predicted octanol–water partition coefficient (Wildman–Crippen LogP) is 1.64. The molecule has 3 heterocycles. The fraction of sp³-hybridized carbons (Fsp3) is 0.688. The minimum absolute atomic E-state index is 0.243. The fourth-order valence-corrected chi connectivity index (χ4v) is 4.55. The van der Waals surface area contributed by atoms with Crippen LogP contribution in [0.4, 0.5) is 0 Å². The van der Waals surface area contributed by atoms with Gasteiger partial charge in [-0.25, -0.2) is 0 Å². The number of likely N-dealkylation sites (N-methyl/N-ethyl adjacent to an activating group) is 1. The number of amides is 1. The molecule has 1 amide bonds.